The molecule has 0 aromatic carbocycles. The van der Waals surface area contributed by atoms with E-state index in [4.69, 9.17) is 0 Å². The van der Waals surface area contributed by atoms with E-state index in [1.54, 1.807) is 0 Å². The fraction of sp³-hybridized carbons (Fsp3) is 0.609. The van der Waals surface area contributed by atoms with Gasteiger partial charge in [-0.15, -0.1) is 0 Å². The van der Waals surface area contributed by atoms with E-state index in [1.807, 2.05) is 26.4 Å². The molecule has 4 heterocycles. The number of amides is 1. The molecule has 2 aromatic rings. The van der Waals surface area contributed by atoms with Gasteiger partial charge in [0.2, 0.25) is 5.91 Å². The molecule has 1 amide bonds. The summed E-state index contributed by atoms with van der Waals surface area (Å²) in [6.07, 6.45) is 10.9. The number of likely N-dealkylation sites (tertiary alicyclic amines) is 2. The Morgan fingerprint density at radius 2 is 1.90 bits per heavy atom. The molecule has 0 bridgehead atoms. The van der Waals surface area contributed by atoms with Crippen LogP contribution in [-0.4, -0.2) is 63.0 Å². The molecule has 0 radical (unpaired) electrons. The van der Waals surface area contributed by atoms with Gasteiger partial charge in [-0.05, 0) is 69.7 Å². The summed E-state index contributed by atoms with van der Waals surface area (Å²) in [6, 6.07) is 4.27. The maximum Gasteiger partial charge on any atom is 0.236 e. The van der Waals surface area contributed by atoms with Crippen molar-refractivity contribution in [1.82, 2.24) is 24.3 Å². The molecule has 0 saturated carbocycles. The van der Waals surface area contributed by atoms with Crippen molar-refractivity contribution < 1.29 is 4.79 Å². The van der Waals surface area contributed by atoms with Crippen LogP contribution in [0.5, 0.6) is 0 Å². The summed E-state index contributed by atoms with van der Waals surface area (Å²) in [4.78, 5) is 26.2. The van der Waals surface area contributed by atoms with Gasteiger partial charge in [0.25, 0.3) is 0 Å². The number of hydrogen-bond donors (Lipinski definition) is 0. The van der Waals surface area contributed by atoms with Gasteiger partial charge in [-0.1, -0.05) is 12.5 Å². The molecule has 2 aliphatic rings. The smallest absolute Gasteiger partial charge is 0.236 e. The van der Waals surface area contributed by atoms with Crippen LogP contribution in [0, 0.1) is 12.8 Å². The van der Waals surface area contributed by atoms with Gasteiger partial charge in [0, 0.05) is 26.3 Å². The van der Waals surface area contributed by atoms with Gasteiger partial charge in [-0.3, -0.25) is 14.7 Å². The zero-order valence-electron chi connectivity index (χ0n) is 17.8. The number of carbonyl (C=O) groups excluding carboxylic acids is 1. The molecule has 0 spiro atoms. The Labute approximate surface area is 173 Å². The van der Waals surface area contributed by atoms with E-state index >= 15 is 0 Å². The number of pyridine rings is 1. The first kappa shape index (κ1) is 20.1. The Morgan fingerprint density at radius 1 is 1.07 bits per heavy atom. The SMILES string of the molecule is Cc1ncc(-c2ccc(CC3CCCN(C(=O)CN4CCCCC4)C3)cn2)n1C. The van der Waals surface area contributed by atoms with Gasteiger partial charge in [-0.2, -0.15) is 0 Å². The van der Waals surface area contributed by atoms with Crippen molar-refractivity contribution in [3.05, 3.63) is 35.9 Å². The van der Waals surface area contributed by atoms with E-state index in [0.717, 1.165) is 56.2 Å². The molecular formula is C23H33N5O. The summed E-state index contributed by atoms with van der Waals surface area (Å²) < 4.78 is 2.06. The zero-order valence-corrected chi connectivity index (χ0v) is 17.8. The third-order valence-corrected chi connectivity index (χ3v) is 6.51. The zero-order chi connectivity index (χ0) is 20.2. The van der Waals surface area contributed by atoms with Crippen molar-refractivity contribution in [2.75, 3.05) is 32.7 Å². The summed E-state index contributed by atoms with van der Waals surface area (Å²) in [6.45, 7) is 6.57. The highest BCUT2D eigenvalue weighted by molar-refractivity contribution is 5.78. The van der Waals surface area contributed by atoms with Gasteiger partial charge in [-0.25, -0.2) is 4.98 Å². The molecule has 0 N–H and O–H groups in total. The van der Waals surface area contributed by atoms with Crippen molar-refractivity contribution >= 4 is 5.91 Å². The molecule has 1 unspecified atom stereocenters. The van der Waals surface area contributed by atoms with Gasteiger partial charge in [0.05, 0.1) is 24.1 Å². The van der Waals surface area contributed by atoms with Crippen LogP contribution in [0.15, 0.2) is 24.5 Å². The topological polar surface area (TPSA) is 54.3 Å². The van der Waals surface area contributed by atoms with Crippen molar-refractivity contribution in [2.24, 2.45) is 13.0 Å². The second kappa shape index (κ2) is 9.08. The maximum atomic E-state index is 12.8. The first-order valence-corrected chi connectivity index (χ1v) is 11.0. The average Bonchev–Trinajstić information content (AvgIpc) is 3.08. The van der Waals surface area contributed by atoms with Crippen molar-refractivity contribution in [3.63, 3.8) is 0 Å². The van der Waals surface area contributed by atoms with E-state index in [2.05, 4.69) is 36.5 Å². The number of piperidine rings is 2. The minimum atomic E-state index is 0.316. The first-order valence-electron chi connectivity index (χ1n) is 11.0. The summed E-state index contributed by atoms with van der Waals surface area (Å²) >= 11 is 0. The highest BCUT2D eigenvalue weighted by atomic mass is 16.2. The van der Waals surface area contributed by atoms with Crippen LogP contribution < -0.4 is 0 Å². The van der Waals surface area contributed by atoms with Crippen LogP contribution in [0.1, 0.15) is 43.5 Å². The Bertz CT molecular complexity index is 822. The second-order valence-corrected chi connectivity index (χ2v) is 8.69. The molecular weight excluding hydrogens is 362 g/mol. The lowest BCUT2D eigenvalue weighted by Crippen LogP contribution is -2.46. The number of rotatable bonds is 5. The molecule has 2 aliphatic heterocycles. The minimum Gasteiger partial charge on any atom is -0.341 e. The standard InChI is InChI=1S/C23H33N5O/c1-18-24-15-22(26(18)2)21-9-8-19(14-25-21)13-20-7-6-12-28(16-20)23(29)17-27-10-4-3-5-11-27/h8-9,14-15,20H,3-7,10-13,16-17H2,1-2H3. The first-order chi connectivity index (χ1) is 14.1. The van der Waals surface area contributed by atoms with Crippen LogP contribution in [-0.2, 0) is 18.3 Å². The van der Waals surface area contributed by atoms with Crippen LogP contribution >= 0.6 is 0 Å². The van der Waals surface area contributed by atoms with E-state index in [-0.39, 0.29) is 0 Å². The lowest BCUT2D eigenvalue weighted by Gasteiger charge is -2.35. The molecule has 2 aromatic heterocycles. The number of hydrogen-bond acceptors (Lipinski definition) is 4. The van der Waals surface area contributed by atoms with Crippen LogP contribution in [0.4, 0.5) is 0 Å². The van der Waals surface area contributed by atoms with E-state index in [1.165, 1.54) is 31.2 Å². The van der Waals surface area contributed by atoms with Crippen LogP contribution in [0.2, 0.25) is 0 Å². The molecule has 4 rings (SSSR count). The highest BCUT2D eigenvalue weighted by Crippen LogP contribution is 2.23. The van der Waals surface area contributed by atoms with Crippen molar-refractivity contribution in [2.45, 2.75) is 45.4 Å². The van der Waals surface area contributed by atoms with E-state index < -0.39 is 0 Å². The average molecular weight is 396 g/mol. The van der Waals surface area contributed by atoms with E-state index in [9.17, 15) is 4.79 Å². The Balaban J connectivity index is 1.33. The predicted molar refractivity (Wildman–Crippen MR) is 114 cm³/mol. The van der Waals surface area contributed by atoms with Gasteiger partial charge in [0.1, 0.15) is 5.82 Å². The monoisotopic (exact) mass is 395 g/mol. The third kappa shape index (κ3) is 4.86. The normalized spacial score (nSPS) is 20.8. The second-order valence-electron chi connectivity index (χ2n) is 8.69. The molecule has 0 aliphatic carbocycles. The van der Waals surface area contributed by atoms with Gasteiger partial charge >= 0.3 is 0 Å². The Morgan fingerprint density at radius 3 is 2.59 bits per heavy atom. The predicted octanol–water partition coefficient (Wildman–Crippen LogP) is 3.06. The number of nitrogens with zero attached hydrogens (tertiary/aromatic N) is 5. The molecule has 6 nitrogen and oxygen atoms in total. The van der Waals surface area contributed by atoms with Crippen LogP contribution in [0.3, 0.4) is 0 Å². The number of carbonyl (C=O) groups is 1. The minimum absolute atomic E-state index is 0.316. The highest BCUT2D eigenvalue weighted by Gasteiger charge is 2.25. The lowest BCUT2D eigenvalue weighted by atomic mass is 9.91. The third-order valence-electron chi connectivity index (χ3n) is 6.51. The molecule has 2 saturated heterocycles. The van der Waals surface area contributed by atoms with Gasteiger partial charge in [0.15, 0.2) is 0 Å². The number of imidazole rings is 1. The Kier molecular flexibility index (Phi) is 6.28. The fourth-order valence-electron chi connectivity index (χ4n) is 4.64. The molecule has 156 valence electrons. The molecule has 6 heteroatoms. The fourth-order valence-corrected chi connectivity index (χ4v) is 4.64. The summed E-state index contributed by atoms with van der Waals surface area (Å²) in [5.41, 5.74) is 3.25. The Hall–Kier alpha value is -2.21. The van der Waals surface area contributed by atoms with Gasteiger partial charge < -0.3 is 9.47 Å². The van der Waals surface area contributed by atoms with Crippen molar-refractivity contribution in [3.8, 4) is 11.4 Å². The van der Waals surface area contributed by atoms with Crippen molar-refractivity contribution in [1.29, 1.82) is 0 Å². The summed E-state index contributed by atoms with van der Waals surface area (Å²) in [5.74, 6) is 1.83. The molecule has 1 atom stereocenters. The molecule has 2 fully saturated rings. The lowest BCUT2D eigenvalue weighted by molar-refractivity contribution is -0.134. The largest absolute Gasteiger partial charge is 0.341 e. The quantitative estimate of drug-likeness (QED) is 0.781. The van der Waals surface area contributed by atoms with Crippen LogP contribution in [0.25, 0.3) is 11.4 Å². The van der Waals surface area contributed by atoms with E-state index in [0.29, 0.717) is 18.4 Å². The number of aromatic nitrogens is 3. The maximum absolute atomic E-state index is 12.8. The summed E-state index contributed by atoms with van der Waals surface area (Å²) in [7, 11) is 2.02. The summed E-state index contributed by atoms with van der Waals surface area (Å²) in [5, 5.41) is 0. The number of aryl methyl sites for hydroxylation is 1. The molecule has 29 heavy (non-hydrogen) atoms.